The third-order valence-electron chi connectivity index (χ3n) is 2.59. The van der Waals surface area contributed by atoms with Crippen LogP contribution >= 0.6 is 15.9 Å². The highest BCUT2D eigenvalue weighted by molar-refractivity contribution is 9.10. The minimum absolute atomic E-state index is 0.777. The molecule has 3 nitrogen and oxygen atoms in total. The molecule has 0 bridgehead atoms. The van der Waals surface area contributed by atoms with Gasteiger partial charge in [0.25, 0.3) is 0 Å². The van der Waals surface area contributed by atoms with E-state index in [1.54, 1.807) is 21.3 Å². The van der Waals surface area contributed by atoms with Gasteiger partial charge in [-0.1, -0.05) is 34.1 Å². The van der Waals surface area contributed by atoms with Crippen LogP contribution in [0.2, 0.25) is 6.04 Å². The second-order valence-corrected chi connectivity index (χ2v) is 7.33. The number of hydrogen-bond donors (Lipinski definition) is 0. The molecule has 0 saturated carbocycles. The molecular formula is C11H17BrO3Si. The van der Waals surface area contributed by atoms with Gasteiger partial charge in [-0.05, 0) is 18.1 Å². The predicted molar refractivity (Wildman–Crippen MR) is 69.4 cm³/mol. The summed E-state index contributed by atoms with van der Waals surface area (Å²) in [6, 6.07) is 8.92. The van der Waals surface area contributed by atoms with Crippen LogP contribution in [0.5, 0.6) is 0 Å². The van der Waals surface area contributed by atoms with Crippen molar-refractivity contribution >= 4 is 24.7 Å². The monoisotopic (exact) mass is 304 g/mol. The van der Waals surface area contributed by atoms with E-state index in [0.717, 1.165) is 16.9 Å². The Balaban J connectivity index is 2.66. The van der Waals surface area contributed by atoms with Crippen molar-refractivity contribution in [3.8, 4) is 0 Å². The smallest absolute Gasteiger partial charge is 0.377 e. The van der Waals surface area contributed by atoms with E-state index in [0.29, 0.717) is 0 Å². The predicted octanol–water partition coefficient (Wildman–Crippen LogP) is 2.87. The summed E-state index contributed by atoms with van der Waals surface area (Å²) in [4.78, 5) is 0. The Labute approximate surface area is 106 Å². The maximum Gasteiger partial charge on any atom is 0.500 e. The number of rotatable bonds is 6. The molecule has 0 aliphatic carbocycles. The fraction of sp³-hybridized carbons (Fsp3) is 0.455. The second-order valence-electron chi connectivity index (χ2n) is 3.39. The molecule has 0 aliphatic rings. The fourth-order valence-corrected chi connectivity index (χ4v) is 3.72. The summed E-state index contributed by atoms with van der Waals surface area (Å²) in [6.07, 6.45) is 0.878. The molecule has 0 atom stereocenters. The standard InChI is InChI=1S/C11H17BrO3Si/c1-13-16(14-2,15-3)9-8-10-6-4-5-7-11(10)12/h4-7H,8-9H2,1-3H3. The highest BCUT2D eigenvalue weighted by atomic mass is 79.9. The topological polar surface area (TPSA) is 27.7 Å². The van der Waals surface area contributed by atoms with Crippen molar-refractivity contribution in [2.75, 3.05) is 21.3 Å². The van der Waals surface area contributed by atoms with E-state index in [1.165, 1.54) is 5.56 Å². The number of aryl methyl sites for hydroxylation is 1. The summed E-state index contributed by atoms with van der Waals surface area (Å²) in [6.45, 7) is 0. The molecule has 5 heteroatoms. The van der Waals surface area contributed by atoms with E-state index >= 15 is 0 Å². The molecule has 0 saturated heterocycles. The van der Waals surface area contributed by atoms with Gasteiger partial charge in [-0.15, -0.1) is 0 Å². The summed E-state index contributed by atoms with van der Waals surface area (Å²) >= 11 is 3.52. The molecule has 1 aromatic rings. The first-order valence-electron chi connectivity index (χ1n) is 5.06. The van der Waals surface area contributed by atoms with E-state index in [4.69, 9.17) is 13.3 Å². The lowest BCUT2D eigenvalue weighted by molar-refractivity contribution is 0.123. The summed E-state index contributed by atoms with van der Waals surface area (Å²) in [5.74, 6) is 0. The minimum atomic E-state index is -2.44. The first-order valence-corrected chi connectivity index (χ1v) is 7.79. The molecule has 90 valence electrons. The second kappa shape index (κ2) is 6.51. The molecule has 1 rings (SSSR count). The van der Waals surface area contributed by atoms with Crippen LogP contribution in [0.4, 0.5) is 0 Å². The van der Waals surface area contributed by atoms with E-state index in [9.17, 15) is 0 Å². The SMILES string of the molecule is CO[Si](CCc1ccccc1Br)(OC)OC. The van der Waals surface area contributed by atoms with Gasteiger partial charge in [0.15, 0.2) is 0 Å². The molecule has 0 amide bonds. The first-order chi connectivity index (χ1) is 7.67. The van der Waals surface area contributed by atoms with Crippen LogP contribution in [0.25, 0.3) is 0 Å². The lowest BCUT2D eigenvalue weighted by Crippen LogP contribution is -2.43. The lowest BCUT2D eigenvalue weighted by atomic mass is 10.2. The third-order valence-corrected chi connectivity index (χ3v) is 6.09. The molecule has 1 aromatic carbocycles. The van der Waals surface area contributed by atoms with Gasteiger partial charge in [0.1, 0.15) is 0 Å². The normalized spacial score (nSPS) is 11.8. The molecule has 0 spiro atoms. The zero-order valence-electron chi connectivity index (χ0n) is 9.83. The Morgan fingerprint density at radius 2 is 1.62 bits per heavy atom. The number of halogens is 1. The Morgan fingerprint density at radius 1 is 1.06 bits per heavy atom. The van der Waals surface area contributed by atoms with Crippen molar-refractivity contribution in [1.29, 1.82) is 0 Å². The molecular weight excluding hydrogens is 288 g/mol. The molecule has 0 radical (unpaired) electrons. The molecule has 16 heavy (non-hydrogen) atoms. The molecule has 0 unspecified atom stereocenters. The van der Waals surface area contributed by atoms with Crippen LogP contribution in [0.1, 0.15) is 5.56 Å². The van der Waals surface area contributed by atoms with Gasteiger partial charge in [0, 0.05) is 31.8 Å². The van der Waals surface area contributed by atoms with Gasteiger partial charge in [-0.25, -0.2) is 0 Å². The van der Waals surface area contributed by atoms with Crippen molar-refractivity contribution in [3.63, 3.8) is 0 Å². The third kappa shape index (κ3) is 3.40. The van der Waals surface area contributed by atoms with Crippen molar-refractivity contribution < 1.29 is 13.3 Å². The summed E-state index contributed by atoms with van der Waals surface area (Å²) in [5.41, 5.74) is 1.24. The molecule has 0 aliphatic heterocycles. The van der Waals surface area contributed by atoms with Crippen LogP contribution in [0, 0.1) is 0 Å². The molecule has 0 N–H and O–H groups in total. The van der Waals surface area contributed by atoms with Crippen molar-refractivity contribution in [2.45, 2.75) is 12.5 Å². The van der Waals surface area contributed by atoms with Crippen molar-refractivity contribution in [3.05, 3.63) is 34.3 Å². The fourth-order valence-electron chi connectivity index (χ4n) is 1.55. The van der Waals surface area contributed by atoms with E-state index < -0.39 is 8.80 Å². The van der Waals surface area contributed by atoms with Crippen molar-refractivity contribution in [2.24, 2.45) is 0 Å². The van der Waals surface area contributed by atoms with Gasteiger partial charge in [0.05, 0.1) is 0 Å². The van der Waals surface area contributed by atoms with Crippen LogP contribution in [-0.2, 0) is 19.7 Å². The van der Waals surface area contributed by atoms with Gasteiger partial charge < -0.3 is 13.3 Å². The van der Waals surface area contributed by atoms with Gasteiger partial charge in [-0.3, -0.25) is 0 Å². The average Bonchev–Trinajstić information content (AvgIpc) is 2.34. The zero-order valence-corrected chi connectivity index (χ0v) is 12.4. The number of benzene rings is 1. The van der Waals surface area contributed by atoms with E-state index in [2.05, 4.69) is 22.0 Å². The van der Waals surface area contributed by atoms with Crippen LogP contribution in [-0.4, -0.2) is 30.1 Å². The minimum Gasteiger partial charge on any atom is -0.377 e. The summed E-state index contributed by atoms with van der Waals surface area (Å²) < 4.78 is 17.2. The average molecular weight is 305 g/mol. The lowest BCUT2D eigenvalue weighted by Gasteiger charge is -2.24. The van der Waals surface area contributed by atoms with Crippen LogP contribution in [0.3, 0.4) is 0 Å². The van der Waals surface area contributed by atoms with Gasteiger partial charge in [-0.2, -0.15) is 0 Å². The largest absolute Gasteiger partial charge is 0.500 e. The zero-order chi connectivity index (χ0) is 12.0. The Bertz CT molecular complexity index is 320. The molecule has 0 fully saturated rings. The highest BCUT2D eigenvalue weighted by Gasteiger charge is 2.37. The maximum absolute atomic E-state index is 5.38. The Morgan fingerprint density at radius 3 is 2.12 bits per heavy atom. The highest BCUT2D eigenvalue weighted by Crippen LogP contribution is 2.22. The quantitative estimate of drug-likeness (QED) is 0.756. The van der Waals surface area contributed by atoms with Crippen LogP contribution < -0.4 is 0 Å². The molecule has 0 aromatic heterocycles. The maximum atomic E-state index is 5.38. The van der Waals surface area contributed by atoms with E-state index in [-0.39, 0.29) is 0 Å². The summed E-state index contributed by atoms with van der Waals surface area (Å²) in [7, 11) is 2.47. The first kappa shape index (κ1) is 13.9. The van der Waals surface area contributed by atoms with Gasteiger partial charge in [0.2, 0.25) is 0 Å². The number of hydrogen-bond acceptors (Lipinski definition) is 3. The van der Waals surface area contributed by atoms with E-state index in [1.807, 2.05) is 18.2 Å². The Kier molecular flexibility index (Phi) is 5.64. The van der Waals surface area contributed by atoms with Crippen molar-refractivity contribution in [1.82, 2.24) is 0 Å². The summed E-state index contributed by atoms with van der Waals surface area (Å²) in [5, 5.41) is 0. The van der Waals surface area contributed by atoms with Gasteiger partial charge >= 0.3 is 8.80 Å². The van der Waals surface area contributed by atoms with Crippen LogP contribution in [0.15, 0.2) is 28.7 Å². The molecule has 0 heterocycles. The Hall–Kier alpha value is -0.203.